The zero-order valence-corrected chi connectivity index (χ0v) is 22.3. The van der Waals surface area contributed by atoms with Gasteiger partial charge in [-0.2, -0.15) is 0 Å². The Morgan fingerprint density at radius 2 is 1.82 bits per heavy atom. The van der Waals surface area contributed by atoms with Gasteiger partial charge in [0.05, 0.1) is 18.7 Å². The Morgan fingerprint density at radius 1 is 1.11 bits per heavy atom. The third kappa shape index (κ3) is 8.48. The number of urea groups is 1. The number of nitrogens with one attached hydrogen (secondary N) is 2. The van der Waals surface area contributed by atoms with Crippen molar-refractivity contribution in [3.8, 4) is 11.5 Å². The fourth-order valence-corrected chi connectivity index (χ4v) is 3.55. The summed E-state index contributed by atoms with van der Waals surface area (Å²) in [6.07, 6.45) is 5.02. The highest BCUT2D eigenvalue weighted by Crippen LogP contribution is 2.27. The maximum atomic E-state index is 12.5. The van der Waals surface area contributed by atoms with E-state index in [1.807, 2.05) is 24.3 Å². The number of nitrogens with zero attached hydrogens (tertiary/aromatic N) is 4. The second-order valence-corrected chi connectivity index (χ2v) is 9.40. The molecular formula is C27H36N6O5. The van der Waals surface area contributed by atoms with Gasteiger partial charge in [-0.1, -0.05) is 13.8 Å². The van der Waals surface area contributed by atoms with Crippen LogP contribution in [0.4, 0.5) is 15.4 Å². The van der Waals surface area contributed by atoms with Crippen molar-refractivity contribution in [2.75, 3.05) is 52.3 Å². The Balaban J connectivity index is 0.000000732. The number of amides is 4. The second-order valence-electron chi connectivity index (χ2n) is 9.40. The van der Waals surface area contributed by atoms with Gasteiger partial charge in [-0.25, -0.2) is 14.6 Å². The van der Waals surface area contributed by atoms with Crippen LogP contribution in [0.25, 0.3) is 10.9 Å². The van der Waals surface area contributed by atoms with Gasteiger partial charge in [-0.3, -0.25) is 14.7 Å². The minimum Gasteiger partial charge on any atom is -0.457 e. The van der Waals surface area contributed by atoms with Crippen LogP contribution in [0.1, 0.15) is 20.3 Å². The number of aromatic nitrogens is 2. The average molecular weight is 525 g/mol. The molecule has 3 heterocycles. The van der Waals surface area contributed by atoms with E-state index in [1.54, 1.807) is 48.1 Å². The molecule has 38 heavy (non-hydrogen) atoms. The lowest BCUT2D eigenvalue weighted by Gasteiger charge is -2.26. The number of hydrogen-bond donors (Lipinski definition) is 2. The van der Waals surface area contributed by atoms with Gasteiger partial charge in [-0.05, 0) is 42.7 Å². The maximum Gasteiger partial charge on any atom is 0.326 e. The summed E-state index contributed by atoms with van der Waals surface area (Å²) in [6.45, 7) is 7.07. The monoisotopic (exact) mass is 524 g/mol. The van der Waals surface area contributed by atoms with Crippen LogP contribution in [0.2, 0.25) is 0 Å². The Labute approximate surface area is 222 Å². The van der Waals surface area contributed by atoms with Crippen molar-refractivity contribution in [2.45, 2.75) is 20.3 Å². The molecule has 3 aromatic rings. The lowest BCUT2D eigenvalue weighted by Crippen LogP contribution is -2.43. The zero-order chi connectivity index (χ0) is 27.5. The molecular weight excluding hydrogens is 488 g/mol. The highest BCUT2D eigenvalue weighted by atomic mass is 16.5. The van der Waals surface area contributed by atoms with Gasteiger partial charge in [0.15, 0.2) is 0 Å². The first-order valence-electron chi connectivity index (χ1n) is 12.6. The van der Waals surface area contributed by atoms with Crippen LogP contribution >= 0.6 is 0 Å². The number of pyridine rings is 1. The predicted molar refractivity (Wildman–Crippen MR) is 146 cm³/mol. The van der Waals surface area contributed by atoms with Crippen molar-refractivity contribution in [2.24, 2.45) is 5.92 Å². The van der Waals surface area contributed by atoms with E-state index in [1.165, 1.54) is 4.90 Å². The largest absolute Gasteiger partial charge is 0.457 e. The maximum absolute atomic E-state index is 12.5. The summed E-state index contributed by atoms with van der Waals surface area (Å²) >= 11 is 0. The van der Waals surface area contributed by atoms with Gasteiger partial charge < -0.3 is 24.6 Å². The van der Waals surface area contributed by atoms with Crippen LogP contribution in [0, 0.1) is 5.92 Å². The van der Waals surface area contributed by atoms with E-state index >= 15 is 0 Å². The number of fused-ring (bicyclic) bond motifs is 1. The molecule has 0 atom stereocenters. The molecule has 0 spiro atoms. The third-order valence-corrected chi connectivity index (χ3v) is 5.59. The fraction of sp³-hybridized carbons (Fsp3) is 0.407. The Hall–Kier alpha value is -4.12. The molecule has 4 amide bonds. The van der Waals surface area contributed by atoms with Crippen molar-refractivity contribution in [3.05, 3.63) is 48.8 Å². The fourth-order valence-electron chi connectivity index (χ4n) is 3.55. The molecule has 0 saturated carbocycles. The molecule has 1 aliphatic heterocycles. The molecule has 2 N–H and O–H groups in total. The number of ether oxygens (including phenoxy) is 2. The molecule has 4 rings (SSSR count). The van der Waals surface area contributed by atoms with E-state index in [2.05, 4.69) is 29.5 Å². The Kier molecular flexibility index (Phi) is 10.5. The number of morpholine rings is 1. The summed E-state index contributed by atoms with van der Waals surface area (Å²) in [4.78, 5) is 41.6. The Morgan fingerprint density at radius 3 is 2.50 bits per heavy atom. The average Bonchev–Trinajstić information content (AvgIpc) is 3.33. The van der Waals surface area contributed by atoms with Gasteiger partial charge in [0.25, 0.3) is 0 Å². The SMILES string of the molecule is CC(C)CCNC(=O)n1ccc2cc(Oc3ccnc(NC(=O)N4CCOCC4)c3)ccc21.CN(C)C=O. The summed E-state index contributed by atoms with van der Waals surface area (Å²) in [7, 11) is 3.38. The van der Waals surface area contributed by atoms with Crippen LogP contribution in [0.15, 0.2) is 48.8 Å². The topological polar surface area (TPSA) is 118 Å². The molecule has 0 radical (unpaired) electrons. The molecule has 1 aromatic carbocycles. The molecule has 1 saturated heterocycles. The van der Waals surface area contributed by atoms with Gasteiger partial charge in [-0.15, -0.1) is 0 Å². The van der Waals surface area contributed by atoms with Gasteiger partial charge >= 0.3 is 12.1 Å². The van der Waals surface area contributed by atoms with Gasteiger partial charge in [0.1, 0.15) is 17.3 Å². The first-order chi connectivity index (χ1) is 18.3. The summed E-state index contributed by atoms with van der Waals surface area (Å²) in [5.74, 6) is 2.12. The highest BCUT2D eigenvalue weighted by Gasteiger charge is 2.17. The highest BCUT2D eigenvalue weighted by molar-refractivity contribution is 5.92. The molecule has 1 aliphatic rings. The molecule has 11 nitrogen and oxygen atoms in total. The molecule has 11 heteroatoms. The minimum absolute atomic E-state index is 0.144. The van der Waals surface area contributed by atoms with Crippen LogP contribution < -0.4 is 15.4 Å². The zero-order valence-electron chi connectivity index (χ0n) is 22.3. The second kappa shape index (κ2) is 14.0. The lowest BCUT2D eigenvalue weighted by atomic mass is 10.1. The molecule has 204 valence electrons. The molecule has 0 unspecified atom stereocenters. The first-order valence-corrected chi connectivity index (χ1v) is 12.6. The van der Waals surface area contributed by atoms with E-state index in [0.29, 0.717) is 56.1 Å². The predicted octanol–water partition coefficient (Wildman–Crippen LogP) is 4.00. The number of carbonyl (C=O) groups excluding carboxylic acids is 3. The number of benzene rings is 1. The van der Waals surface area contributed by atoms with Crippen molar-refractivity contribution in [1.29, 1.82) is 0 Å². The summed E-state index contributed by atoms with van der Waals surface area (Å²) in [5, 5.41) is 6.64. The van der Waals surface area contributed by atoms with E-state index in [9.17, 15) is 14.4 Å². The van der Waals surface area contributed by atoms with Crippen molar-refractivity contribution < 1.29 is 23.9 Å². The first kappa shape index (κ1) is 28.5. The standard InChI is InChI=1S/C24H29N5O4.C3H7NO/c1-17(2)5-8-26-23(30)29-10-7-18-15-19(3-4-21(18)29)33-20-6-9-25-22(16-20)27-24(31)28-11-13-32-14-12-28;1-4(2)3-5/h3-4,6-7,9-10,15-17H,5,8,11-14H2,1-2H3,(H,26,30)(H,25,27,31);3H,1-2H3. The van der Waals surface area contributed by atoms with Crippen LogP contribution in [-0.2, 0) is 9.53 Å². The number of hydrogen-bond acceptors (Lipinski definition) is 6. The molecule has 0 bridgehead atoms. The van der Waals surface area contributed by atoms with Crippen molar-refractivity contribution in [1.82, 2.24) is 24.7 Å². The van der Waals surface area contributed by atoms with E-state index in [-0.39, 0.29) is 12.1 Å². The number of carbonyl (C=O) groups is 3. The van der Waals surface area contributed by atoms with Gasteiger partial charge in [0.2, 0.25) is 6.41 Å². The van der Waals surface area contributed by atoms with Crippen LogP contribution in [0.5, 0.6) is 11.5 Å². The molecule has 2 aromatic heterocycles. The van der Waals surface area contributed by atoms with E-state index in [4.69, 9.17) is 9.47 Å². The van der Waals surface area contributed by atoms with Crippen molar-refractivity contribution in [3.63, 3.8) is 0 Å². The number of rotatable bonds is 7. The quantitative estimate of drug-likeness (QED) is 0.451. The Bertz CT molecular complexity index is 1220. The minimum atomic E-state index is -0.211. The van der Waals surface area contributed by atoms with Crippen molar-refractivity contribution >= 4 is 35.2 Å². The van der Waals surface area contributed by atoms with Gasteiger partial charge in [0, 0.05) is 57.6 Å². The summed E-state index contributed by atoms with van der Waals surface area (Å²) in [6, 6.07) is 10.5. The van der Waals surface area contributed by atoms with Crippen LogP contribution in [-0.4, -0.2) is 84.8 Å². The van der Waals surface area contributed by atoms with E-state index in [0.717, 1.165) is 23.7 Å². The third-order valence-electron chi connectivity index (χ3n) is 5.59. The number of anilines is 1. The molecule has 0 aliphatic carbocycles. The summed E-state index contributed by atoms with van der Waals surface area (Å²) < 4.78 is 12.9. The van der Waals surface area contributed by atoms with Crippen LogP contribution in [0.3, 0.4) is 0 Å². The summed E-state index contributed by atoms with van der Waals surface area (Å²) in [5.41, 5.74) is 0.803. The van der Waals surface area contributed by atoms with E-state index < -0.39 is 0 Å². The normalized spacial score (nSPS) is 12.9. The smallest absolute Gasteiger partial charge is 0.326 e. The molecule has 1 fully saturated rings. The lowest BCUT2D eigenvalue weighted by molar-refractivity contribution is -0.115.